The molecule has 2 aromatic carbocycles. The van der Waals surface area contributed by atoms with Gasteiger partial charge in [0.2, 0.25) is 9.84 Å². The third-order valence-electron chi connectivity index (χ3n) is 5.94. The third-order valence-corrected chi connectivity index (χ3v) is 7.69. The van der Waals surface area contributed by atoms with Crippen molar-refractivity contribution in [3.63, 3.8) is 0 Å². The molecule has 2 aliphatic rings. The number of rotatable bonds is 4. The quantitative estimate of drug-likeness (QED) is 0.669. The lowest BCUT2D eigenvalue weighted by molar-refractivity contribution is 0.219. The lowest BCUT2D eigenvalue weighted by atomic mass is 10.0. The second-order valence-corrected chi connectivity index (χ2v) is 9.43. The lowest BCUT2D eigenvalue weighted by Gasteiger charge is -2.37. The van der Waals surface area contributed by atoms with Crippen LogP contribution in [0.25, 0.3) is 0 Å². The number of anilines is 1. The normalized spacial score (nSPS) is 17.8. The average molecular weight is 443 g/mol. The fraction of sp³-hybridized carbons (Fsp3) is 0.429. The number of benzene rings is 2. The molecule has 0 atom stereocenters. The van der Waals surface area contributed by atoms with Crippen molar-refractivity contribution in [2.75, 3.05) is 31.1 Å². The monoisotopic (exact) mass is 442 g/mol. The molecule has 4 nitrogen and oxygen atoms in total. The number of hydrogen-bond donors (Lipinski definition) is 0. The van der Waals surface area contributed by atoms with E-state index in [1.165, 1.54) is 0 Å². The Bertz CT molecular complexity index is 992. The molecule has 0 N–H and O–H groups in total. The van der Waals surface area contributed by atoms with E-state index >= 15 is 0 Å². The minimum atomic E-state index is -3.88. The fourth-order valence-corrected chi connectivity index (χ4v) is 5.60. The molecule has 0 amide bonds. The highest BCUT2D eigenvalue weighted by atomic mass is 35.5. The zero-order valence-electron chi connectivity index (χ0n) is 16.3. The Balaban J connectivity index is 0.00000240. The van der Waals surface area contributed by atoms with Gasteiger partial charge in [-0.3, -0.25) is 0 Å². The van der Waals surface area contributed by atoms with Crippen LogP contribution in [0.15, 0.2) is 46.2 Å². The minimum absolute atomic E-state index is 0. The number of fused-ring (bicyclic) bond motifs is 1. The van der Waals surface area contributed by atoms with E-state index in [4.69, 9.17) is 0 Å². The molecule has 0 spiro atoms. The van der Waals surface area contributed by atoms with Crippen molar-refractivity contribution < 1.29 is 17.2 Å². The average Bonchev–Trinajstić information content (AvgIpc) is 3.13. The molecule has 2 aliphatic heterocycles. The topological polar surface area (TPSA) is 40.6 Å². The van der Waals surface area contributed by atoms with E-state index in [9.17, 15) is 17.2 Å². The van der Waals surface area contributed by atoms with Crippen LogP contribution in [-0.4, -0.2) is 45.5 Å². The molecule has 0 radical (unpaired) electrons. The summed E-state index contributed by atoms with van der Waals surface area (Å²) in [6.07, 6.45) is 3.02. The first-order chi connectivity index (χ1) is 13.4. The van der Waals surface area contributed by atoms with Crippen LogP contribution in [0.2, 0.25) is 0 Å². The van der Waals surface area contributed by atoms with Gasteiger partial charge in [-0.2, -0.15) is 0 Å². The van der Waals surface area contributed by atoms with Gasteiger partial charge in [-0.25, -0.2) is 17.2 Å². The van der Waals surface area contributed by atoms with Gasteiger partial charge in [0.1, 0.15) is 0 Å². The van der Waals surface area contributed by atoms with Crippen LogP contribution >= 0.6 is 12.4 Å². The molecule has 0 bridgehead atoms. The molecule has 0 saturated carbocycles. The fourth-order valence-electron chi connectivity index (χ4n) is 4.28. The number of halogens is 3. The summed E-state index contributed by atoms with van der Waals surface area (Å²) in [6, 6.07) is 8.31. The minimum Gasteiger partial charge on any atom is -0.368 e. The Morgan fingerprint density at radius 1 is 0.966 bits per heavy atom. The second kappa shape index (κ2) is 8.58. The van der Waals surface area contributed by atoms with Gasteiger partial charge in [0, 0.05) is 31.4 Å². The number of likely N-dealkylation sites (tertiary alicyclic amines) is 1. The summed E-state index contributed by atoms with van der Waals surface area (Å²) < 4.78 is 52.3. The van der Waals surface area contributed by atoms with Crippen LogP contribution in [-0.2, 0) is 16.3 Å². The van der Waals surface area contributed by atoms with Gasteiger partial charge < -0.3 is 9.80 Å². The molecule has 29 heavy (non-hydrogen) atoms. The molecule has 2 aromatic rings. The van der Waals surface area contributed by atoms with Crippen LogP contribution in [0.3, 0.4) is 0 Å². The van der Waals surface area contributed by atoms with Crippen LogP contribution < -0.4 is 4.90 Å². The Hall–Kier alpha value is -1.70. The molecule has 2 heterocycles. The molecule has 1 saturated heterocycles. The highest BCUT2D eigenvalue weighted by Crippen LogP contribution is 2.35. The van der Waals surface area contributed by atoms with Crippen molar-refractivity contribution in [1.82, 2.24) is 4.90 Å². The van der Waals surface area contributed by atoms with Crippen molar-refractivity contribution in [1.29, 1.82) is 0 Å². The summed E-state index contributed by atoms with van der Waals surface area (Å²) in [4.78, 5) is 4.74. The largest absolute Gasteiger partial charge is 0.368 e. The molecule has 1 fully saturated rings. The van der Waals surface area contributed by atoms with Crippen molar-refractivity contribution in [3.05, 3.63) is 53.6 Å². The maximum atomic E-state index is 13.5. The van der Waals surface area contributed by atoms with E-state index < -0.39 is 21.5 Å². The van der Waals surface area contributed by atoms with E-state index in [0.29, 0.717) is 6.04 Å². The molecule has 0 aliphatic carbocycles. The van der Waals surface area contributed by atoms with E-state index in [0.717, 1.165) is 74.9 Å². The van der Waals surface area contributed by atoms with E-state index in [1.807, 2.05) is 6.07 Å². The van der Waals surface area contributed by atoms with E-state index in [1.54, 1.807) is 12.1 Å². The van der Waals surface area contributed by atoms with Gasteiger partial charge in [0.25, 0.3) is 0 Å². The van der Waals surface area contributed by atoms with Gasteiger partial charge in [-0.1, -0.05) is 6.92 Å². The third kappa shape index (κ3) is 4.13. The molecule has 0 unspecified atom stereocenters. The maximum absolute atomic E-state index is 13.5. The van der Waals surface area contributed by atoms with E-state index in [-0.39, 0.29) is 22.2 Å². The second-order valence-electron chi connectivity index (χ2n) is 7.48. The molecule has 158 valence electrons. The molecular weight excluding hydrogens is 418 g/mol. The summed E-state index contributed by atoms with van der Waals surface area (Å²) in [7, 11) is -3.88. The van der Waals surface area contributed by atoms with Gasteiger partial charge in [-0.15, -0.1) is 12.4 Å². The Labute approximate surface area is 176 Å². The van der Waals surface area contributed by atoms with Crippen molar-refractivity contribution >= 4 is 27.9 Å². The Morgan fingerprint density at radius 2 is 1.62 bits per heavy atom. The first-order valence-corrected chi connectivity index (χ1v) is 11.2. The molecule has 0 aromatic heterocycles. The predicted molar refractivity (Wildman–Crippen MR) is 112 cm³/mol. The van der Waals surface area contributed by atoms with Gasteiger partial charge >= 0.3 is 0 Å². The van der Waals surface area contributed by atoms with E-state index in [2.05, 4.69) is 16.7 Å². The van der Waals surface area contributed by atoms with Crippen molar-refractivity contribution in [3.8, 4) is 0 Å². The van der Waals surface area contributed by atoms with Crippen LogP contribution in [0.1, 0.15) is 25.3 Å². The smallest absolute Gasteiger partial charge is 0.206 e. The van der Waals surface area contributed by atoms with Crippen LogP contribution in [0.4, 0.5) is 14.5 Å². The molecule has 8 heteroatoms. The SMILES string of the molecule is CCN1CCC(N2CCc3cc(S(=O)(=O)c4ccc(F)c(F)c4)ccc32)CC1.Cl. The van der Waals surface area contributed by atoms with Gasteiger partial charge in [-0.05, 0) is 67.8 Å². The summed E-state index contributed by atoms with van der Waals surface area (Å²) in [5.41, 5.74) is 2.10. The summed E-state index contributed by atoms with van der Waals surface area (Å²) >= 11 is 0. The van der Waals surface area contributed by atoms with Gasteiger partial charge in [0.05, 0.1) is 9.79 Å². The lowest BCUT2D eigenvalue weighted by Crippen LogP contribution is -2.44. The summed E-state index contributed by atoms with van der Waals surface area (Å²) in [5.74, 6) is -2.22. The summed E-state index contributed by atoms with van der Waals surface area (Å²) in [5, 5.41) is 0. The van der Waals surface area contributed by atoms with Gasteiger partial charge in [0.15, 0.2) is 11.6 Å². The molecule has 4 rings (SSSR count). The summed E-state index contributed by atoms with van der Waals surface area (Å²) in [6.45, 7) is 6.33. The van der Waals surface area contributed by atoms with Crippen LogP contribution in [0, 0.1) is 11.6 Å². The van der Waals surface area contributed by atoms with Crippen molar-refractivity contribution in [2.45, 2.75) is 42.0 Å². The predicted octanol–water partition coefficient (Wildman–Crippen LogP) is 4.07. The standard InChI is InChI=1S/C21H24F2N2O2S.ClH/c1-2-24-10-8-16(9-11-24)25-12-7-15-13-17(4-6-21(15)25)28(26,27)18-3-5-19(22)20(23)14-18;/h3-6,13-14,16H,2,7-12H2,1H3;1H. The van der Waals surface area contributed by atoms with Crippen molar-refractivity contribution in [2.24, 2.45) is 0 Å². The van der Waals surface area contributed by atoms with Crippen LogP contribution in [0.5, 0.6) is 0 Å². The zero-order valence-corrected chi connectivity index (χ0v) is 17.9. The highest BCUT2D eigenvalue weighted by Gasteiger charge is 2.30. The number of sulfone groups is 1. The number of piperidine rings is 1. The Morgan fingerprint density at radius 3 is 2.28 bits per heavy atom. The maximum Gasteiger partial charge on any atom is 0.206 e. The Kier molecular flexibility index (Phi) is 6.51. The first kappa shape index (κ1) is 22.0. The number of nitrogens with zero attached hydrogens (tertiary/aromatic N) is 2. The highest BCUT2D eigenvalue weighted by molar-refractivity contribution is 7.91. The number of hydrogen-bond acceptors (Lipinski definition) is 4. The zero-order chi connectivity index (χ0) is 19.9. The molecular formula is C21H25ClF2N2O2S. The first-order valence-electron chi connectivity index (χ1n) is 9.72.